The first-order valence-electron chi connectivity index (χ1n) is 5.36. The van der Waals surface area contributed by atoms with Crippen LogP contribution in [0.1, 0.15) is 24.6 Å². The van der Waals surface area contributed by atoms with Crippen LogP contribution in [0.15, 0.2) is 11.4 Å². The molecule has 1 rings (SSSR count). The fourth-order valence-electron chi connectivity index (χ4n) is 1.35. The SMILES string of the molecule is CC(=O)Nc1ccsc1CNCCCC(=O)O. The fourth-order valence-corrected chi connectivity index (χ4v) is 2.14. The van der Waals surface area contributed by atoms with Gasteiger partial charge in [0.25, 0.3) is 0 Å². The van der Waals surface area contributed by atoms with E-state index in [0.717, 1.165) is 10.6 Å². The Morgan fingerprint density at radius 2 is 2.24 bits per heavy atom. The number of nitrogens with one attached hydrogen (secondary N) is 2. The standard InChI is InChI=1S/C11H16N2O3S/c1-8(14)13-9-4-6-17-10(9)7-12-5-2-3-11(15)16/h4,6,12H,2-3,5,7H2,1H3,(H,13,14)(H,15,16). The van der Waals surface area contributed by atoms with Gasteiger partial charge in [-0.25, -0.2) is 0 Å². The van der Waals surface area contributed by atoms with Gasteiger partial charge in [-0.3, -0.25) is 9.59 Å². The highest BCUT2D eigenvalue weighted by Gasteiger charge is 2.05. The smallest absolute Gasteiger partial charge is 0.303 e. The summed E-state index contributed by atoms with van der Waals surface area (Å²) in [7, 11) is 0. The minimum absolute atomic E-state index is 0.0875. The van der Waals surface area contributed by atoms with Gasteiger partial charge in [0, 0.05) is 24.8 Å². The maximum atomic E-state index is 10.9. The summed E-state index contributed by atoms with van der Waals surface area (Å²) in [6.45, 7) is 2.78. The molecule has 17 heavy (non-hydrogen) atoms. The number of aliphatic carboxylic acids is 1. The monoisotopic (exact) mass is 256 g/mol. The normalized spacial score (nSPS) is 10.2. The van der Waals surface area contributed by atoms with E-state index in [0.29, 0.717) is 19.5 Å². The second-order valence-electron chi connectivity index (χ2n) is 3.61. The van der Waals surface area contributed by atoms with Gasteiger partial charge in [0.05, 0.1) is 5.69 Å². The molecule has 0 aromatic carbocycles. The summed E-state index contributed by atoms with van der Waals surface area (Å²) in [5.74, 6) is -0.864. The molecular formula is C11H16N2O3S. The molecule has 0 aliphatic carbocycles. The Morgan fingerprint density at radius 1 is 1.47 bits per heavy atom. The molecule has 1 heterocycles. The van der Waals surface area contributed by atoms with Crippen LogP contribution in [0.5, 0.6) is 0 Å². The van der Waals surface area contributed by atoms with Crippen molar-refractivity contribution in [2.75, 3.05) is 11.9 Å². The van der Waals surface area contributed by atoms with Gasteiger partial charge in [-0.15, -0.1) is 11.3 Å². The van der Waals surface area contributed by atoms with Crippen LogP contribution in [-0.4, -0.2) is 23.5 Å². The van der Waals surface area contributed by atoms with Crippen LogP contribution in [0, 0.1) is 0 Å². The molecule has 0 radical (unpaired) electrons. The molecule has 94 valence electrons. The van der Waals surface area contributed by atoms with Crippen molar-refractivity contribution in [1.82, 2.24) is 5.32 Å². The molecule has 0 atom stereocenters. The lowest BCUT2D eigenvalue weighted by Crippen LogP contribution is -2.16. The van der Waals surface area contributed by atoms with Crippen LogP contribution in [-0.2, 0) is 16.1 Å². The van der Waals surface area contributed by atoms with E-state index >= 15 is 0 Å². The van der Waals surface area contributed by atoms with Crippen molar-refractivity contribution in [2.24, 2.45) is 0 Å². The molecule has 1 amide bonds. The average molecular weight is 256 g/mol. The second-order valence-corrected chi connectivity index (χ2v) is 4.61. The van der Waals surface area contributed by atoms with Crippen LogP contribution in [0.25, 0.3) is 0 Å². The maximum Gasteiger partial charge on any atom is 0.303 e. The first kappa shape index (κ1) is 13.7. The molecule has 0 aliphatic rings. The summed E-state index contributed by atoms with van der Waals surface area (Å²) >= 11 is 1.56. The van der Waals surface area contributed by atoms with Gasteiger partial charge in [0.2, 0.25) is 5.91 Å². The highest BCUT2D eigenvalue weighted by molar-refractivity contribution is 7.10. The first-order chi connectivity index (χ1) is 8.09. The predicted octanol–water partition coefficient (Wildman–Crippen LogP) is 1.66. The summed E-state index contributed by atoms with van der Waals surface area (Å²) in [5.41, 5.74) is 0.827. The van der Waals surface area contributed by atoms with Crippen molar-refractivity contribution in [3.8, 4) is 0 Å². The number of hydrogen-bond acceptors (Lipinski definition) is 4. The molecule has 0 saturated carbocycles. The number of carboxylic acid groups (broad SMARTS) is 1. The Kier molecular flexibility index (Phi) is 5.65. The van der Waals surface area contributed by atoms with Gasteiger partial charge in [0.15, 0.2) is 0 Å². The summed E-state index contributed by atoms with van der Waals surface area (Å²) in [4.78, 5) is 22.3. The van der Waals surface area contributed by atoms with E-state index in [1.165, 1.54) is 6.92 Å². The zero-order chi connectivity index (χ0) is 12.7. The number of anilines is 1. The van der Waals surface area contributed by atoms with Gasteiger partial charge in [-0.1, -0.05) is 0 Å². The van der Waals surface area contributed by atoms with Crippen molar-refractivity contribution in [3.63, 3.8) is 0 Å². The third-order valence-corrected chi connectivity index (χ3v) is 3.01. The first-order valence-corrected chi connectivity index (χ1v) is 6.24. The molecule has 1 aromatic heterocycles. The van der Waals surface area contributed by atoms with Gasteiger partial charge >= 0.3 is 5.97 Å². The highest BCUT2D eigenvalue weighted by Crippen LogP contribution is 2.21. The molecule has 0 aliphatic heterocycles. The van der Waals surface area contributed by atoms with E-state index in [9.17, 15) is 9.59 Å². The van der Waals surface area contributed by atoms with Crippen LogP contribution < -0.4 is 10.6 Å². The number of carboxylic acids is 1. The molecule has 0 unspecified atom stereocenters. The fraction of sp³-hybridized carbons (Fsp3) is 0.455. The summed E-state index contributed by atoms with van der Waals surface area (Å²) in [6, 6.07) is 1.86. The van der Waals surface area contributed by atoms with Crippen LogP contribution in [0.3, 0.4) is 0 Å². The number of rotatable bonds is 7. The molecule has 3 N–H and O–H groups in total. The Labute approximate surface area is 104 Å². The topological polar surface area (TPSA) is 78.4 Å². The molecule has 1 aromatic rings. The molecule has 0 saturated heterocycles. The lowest BCUT2D eigenvalue weighted by atomic mass is 10.3. The lowest BCUT2D eigenvalue weighted by molar-refractivity contribution is -0.137. The predicted molar refractivity (Wildman–Crippen MR) is 67.2 cm³/mol. The highest BCUT2D eigenvalue weighted by atomic mass is 32.1. The third-order valence-electron chi connectivity index (χ3n) is 2.09. The van der Waals surface area contributed by atoms with Crippen molar-refractivity contribution in [3.05, 3.63) is 16.3 Å². The van der Waals surface area contributed by atoms with E-state index in [4.69, 9.17) is 5.11 Å². The Balaban J connectivity index is 2.29. The van der Waals surface area contributed by atoms with E-state index in [1.807, 2.05) is 11.4 Å². The van der Waals surface area contributed by atoms with E-state index in [1.54, 1.807) is 11.3 Å². The molecule has 6 heteroatoms. The Bertz CT molecular complexity index is 390. The number of carbonyl (C=O) groups is 2. The van der Waals surface area contributed by atoms with E-state index in [-0.39, 0.29) is 12.3 Å². The van der Waals surface area contributed by atoms with Gasteiger partial charge in [0.1, 0.15) is 0 Å². The van der Waals surface area contributed by atoms with Crippen LogP contribution in [0.2, 0.25) is 0 Å². The summed E-state index contributed by atoms with van der Waals surface area (Å²) in [6.07, 6.45) is 0.784. The molecule has 5 nitrogen and oxygen atoms in total. The molecular weight excluding hydrogens is 240 g/mol. The van der Waals surface area contributed by atoms with Crippen molar-refractivity contribution in [1.29, 1.82) is 0 Å². The van der Waals surface area contributed by atoms with Gasteiger partial charge in [-0.05, 0) is 24.4 Å². The Morgan fingerprint density at radius 3 is 2.88 bits per heavy atom. The van der Waals surface area contributed by atoms with Crippen molar-refractivity contribution < 1.29 is 14.7 Å². The van der Waals surface area contributed by atoms with Crippen molar-refractivity contribution >= 4 is 28.9 Å². The number of hydrogen-bond donors (Lipinski definition) is 3. The zero-order valence-electron chi connectivity index (χ0n) is 9.66. The summed E-state index contributed by atoms with van der Waals surface area (Å²) in [5, 5.41) is 16.3. The summed E-state index contributed by atoms with van der Waals surface area (Å²) < 4.78 is 0. The third kappa shape index (κ3) is 5.46. The molecule has 0 bridgehead atoms. The average Bonchev–Trinajstić information content (AvgIpc) is 2.64. The lowest BCUT2D eigenvalue weighted by Gasteiger charge is -2.05. The second kappa shape index (κ2) is 7.03. The number of amides is 1. The van der Waals surface area contributed by atoms with E-state index in [2.05, 4.69) is 10.6 Å². The largest absolute Gasteiger partial charge is 0.481 e. The molecule has 0 spiro atoms. The van der Waals surface area contributed by atoms with Crippen LogP contribution >= 0.6 is 11.3 Å². The molecule has 0 fully saturated rings. The van der Waals surface area contributed by atoms with Crippen LogP contribution in [0.4, 0.5) is 5.69 Å². The maximum absolute atomic E-state index is 10.9. The minimum atomic E-state index is -0.776. The quantitative estimate of drug-likeness (QED) is 0.648. The van der Waals surface area contributed by atoms with Gasteiger partial charge in [-0.2, -0.15) is 0 Å². The van der Waals surface area contributed by atoms with E-state index < -0.39 is 5.97 Å². The zero-order valence-corrected chi connectivity index (χ0v) is 10.5. The number of thiophene rings is 1. The van der Waals surface area contributed by atoms with Gasteiger partial charge < -0.3 is 15.7 Å². The minimum Gasteiger partial charge on any atom is -0.481 e. The Hall–Kier alpha value is -1.40. The van der Waals surface area contributed by atoms with Crippen molar-refractivity contribution in [2.45, 2.75) is 26.3 Å². The number of carbonyl (C=O) groups excluding carboxylic acids is 1.